The Labute approximate surface area is 93.9 Å². The van der Waals surface area contributed by atoms with E-state index >= 15 is 0 Å². The number of rotatable bonds is 2. The number of alkyl halides is 1. The average Bonchev–Trinajstić information content (AvgIpc) is 2.66. The molecule has 1 aromatic carbocycles. The number of aromatic nitrogens is 1. The van der Waals surface area contributed by atoms with Gasteiger partial charge >= 0.3 is 0 Å². The number of halogens is 1. The van der Waals surface area contributed by atoms with Gasteiger partial charge in [-0.2, -0.15) is 0 Å². The van der Waals surface area contributed by atoms with Crippen LogP contribution in [0.25, 0.3) is 11.3 Å². The van der Waals surface area contributed by atoms with Crippen LogP contribution in [0.1, 0.15) is 23.6 Å². The lowest BCUT2D eigenvalue weighted by Gasteiger charge is -1.96. The van der Waals surface area contributed by atoms with E-state index in [1.165, 1.54) is 5.56 Å². The predicted molar refractivity (Wildman–Crippen MR) is 60.9 cm³/mol. The van der Waals surface area contributed by atoms with E-state index in [1.807, 2.05) is 25.1 Å². The van der Waals surface area contributed by atoms with E-state index in [0.29, 0.717) is 5.76 Å². The molecule has 0 fully saturated rings. The largest absolute Gasteiger partial charge is 0.359 e. The fourth-order valence-electron chi connectivity index (χ4n) is 1.42. The third kappa shape index (κ3) is 2.21. The third-order valence-electron chi connectivity index (χ3n) is 2.23. The molecule has 0 radical (unpaired) electrons. The summed E-state index contributed by atoms with van der Waals surface area (Å²) in [4.78, 5) is 0. The zero-order chi connectivity index (χ0) is 10.8. The van der Waals surface area contributed by atoms with Gasteiger partial charge in [-0.05, 0) is 19.9 Å². The van der Waals surface area contributed by atoms with Gasteiger partial charge in [-0.25, -0.2) is 0 Å². The molecule has 0 aliphatic rings. The van der Waals surface area contributed by atoms with E-state index < -0.39 is 0 Å². The highest BCUT2D eigenvalue weighted by molar-refractivity contribution is 6.20. The molecule has 1 atom stereocenters. The normalized spacial score (nSPS) is 12.7. The summed E-state index contributed by atoms with van der Waals surface area (Å²) in [6.45, 7) is 3.91. The first-order chi connectivity index (χ1) is 7.16. The lowest BCUT2D eigenvalue weighted by atomic mass is 10.1. The highest BCUT2D eigenvalue weighted by Gasteiger charge is 2.10. The van der Waals surface area contributed by atoms with Crippen molar-refractivity contribution >= 4 is 11.6 Å². The highest BCUT2D eigenvalue weighted by Crippen LogP contribution is 2.25. The second kappa shape index (κ2) is 4.07. The minimum atomic E-state index is -0.143. The van der Waals surface area contributed by atoms with Gasteiger partial charge in [-0.1, -0.05) is 28.9 Å². The average molecular weight is 222 g/mol. The smallest absolute Gasteiger partial charge is 0.154 e. The molecule has 0 bridgehead atoms. The summed E-state index contributed by atoms with van der Waals surface area (Å²) in [6, 6.07) is 10.0. The van der Waals surface area contributed by atoms with E-state index in [9.17, 15) is 0 Å². The van der Waals surface area contributed by atoms with Crippen LogP contribution < -0.4 is 0 Å². The molecule has 1 aromatic heterocycles. The van der Waals surface area contributed by atoms with Gasteiger partial charge in [0.15, 0.2) is 5.76 Å². The van der Waals surface area contributed by atoms with Crippen molar-refractivity contribution in [1.29, 1.82) is 0 Å². The molecule has 0 aliphatic carbocycles. The van der Waals surface area contributed by atoms with Crippen LogP contribution in [0.5, 0.6) is 0 Å². The maximum atomic E-state index is 5.90. The molecule has 1 unspecified atom stereocenters. The quantitative estimate of drug-likeness (QED) is 0.718. The number of hydrogen-bond donors (Lipinski definition) is 0. The van der Waals surface area contributed by atoms with Gasteiger partial charge in [0, 0.05) is 11.6 Å². The summed E-state index contributed by atoms with van der Waals surface area (Å²) in [6.07, 6.45) is 0. The van der Waals surface area contributed by atoms with Crippen molar-refractivity contribution < 1.29 is 4.52 Å². The second-order valence-corrected chi connectivity index (χ2v) is 4.25. The van der Waals surface area contributed by atoms with Gasteiger partial charge in [0.05, 0.1) is 5.38 Å². The molecule has 1 heterocycles. The van der Waals surface area contributed by atoms with Gasteiger partial charge in [0.2, 0.25) is 0 Å². The van der Waals surface area contributed by atoms with Gasteiger partial charge in [0.25, 0.3) is 0 Å². The molecule has 2 aromatic rings. The zero-order valence-corrected chi connectivity index (χ0v) is 9.45. The first-order valence-corrected chi connectivity index (χ1v) is 5.28. The van der Waals surface area contributed by atoms with E-state index in [1.54, 1.807) is 0 Å². The SMILES string of the molecule is Cc1cccc(-c2cc(C(C)Cl)on2)c1. The van der Waals surface area contributed by atoms with Crippen LogP contribution in [0.4, 0.5) is 0 Å². The molecule has 0 spiro atoms. The Morgan fingerprint density at radius 3 is 2.73 bits per heavy atom. The molecule has 0 saturated heterocycles. The van der Waals surface area contributed by atoms with Crippen molar-refractivity contribution in [2.45, 2.75) is 19.2 Å². The Hall–Kier alpha value is -1.28. The van der Waals surface area contributed by atoms with Crippen LogP contribution in [0.3, 0.4) is 0 Å². The van der Waals surface area contributed by atoms with Crippen LogP contribution in [-0.4, -0.2) is 5.16 Å². The molecular weight excluding hydrogens is 210 g/mol. The summed E-state index contributed by atoms with van der Waals surface area (Å²) in [5, 5.41) is 3.85. The topological polar surface area (TPSA) is 26.0 Å². The minimum Gasteiger partial charge on any atom is -0.359 e. The molecule has 2 rings (SSSR count). The van der Waals surface area contributed by atoms with Crippen LogP contribution in [0.2, 0.25) is 0 Å². The van der Waals surface area contributed by atoms with Crippen LogP contribution in [-0.2, 0) is 0 Å². The molecule has 0 saturated carbocycles. The fourth-order valence-corrected chi connectivity index (χ4v) is 1.52. The maximum absolute atomic E-state index is 5.90. The Morgan fingerprint density at radius 2 is 2.13 bits per heavy atom. The minimum absolute atomic E-state index is 0.143. The van der Waals surface area contributed by atoms with E-state index in [-0.39, 0.29) is 5.38 Å². The summed E-state index contributed by atoms with van der Waals surface area (Å²) in [5.41, 5.74) is 3.10. The Bertz CT molecular complexity index is 462. The number of nitrogens with zero attached hydrogens (tertiary/aromatic N) is 1. The van der Waals surface area contributed by atoms with Gasteiger partial charge in [-0.3, -0.25) is 0 Å². The van der Waals surface area contributed by atoms with Crippen molar-refractivity contribution in [3.63, 3.8) is 0 Å². The Balaban J connectivity index is 2.37. The number of benzene rings is 1. The molecular formula is C12H12ClNO. The molecule has 3 heteroatoms. The second-order valence-electron chi connectivity index (χ2n) is 3.60. The Kier molecular flexibility index (Phi) is 2.78. The van der Waals surface area contributed by atoms with Crippen molar-refractivity contribution in [1.82, 2.24) is 5.16 Å². The van der Waals surface area contributed by atoms with Crippen molar-refractivity contribution in [2.24, 2.45) is 0 Å². The van der Waals surface area contributed by atoms with Crippen LogP contribution in [0.15, 0.2) is 34.9 Å². The van der Waals surface area contributed by atoms with Crippen LogP contribution in [0, 0.1) is 6.92 Å². The zero-order valence-electron chi connectivity index (χ0n) is 8.70. The predicted octanol–water partition coefficient (Wildman–Crippen LogP) is 3.95. The maximum Gasteiger partial charge on any atom is 0.154 e. The Morgan fingerprint density at radius 1 is 1.33 bits per heavy atom. The first kappa shape index (κ1) is 10.2. The highest BCUT2D eigenvalue weighted by atomic mass is 35.5. The van der Waals surface area contributed by atoms with Gasteiger partial charge in [-0.15, -0.1) is 11.6 Å². The molecule has 0 amide bonds. The number of hydrogen-bond acceptors (Lipinski definition) is 2. The molecule has 15 heavy (non-hydrogen) atoms. The van der Waals surface area contributed by atoms with Gasteiger partial charge in [0.1, 0.15) is 5.69 Å². The standard InChI is InChI=1S/C12H12ClNO/c1-8-4-3-5-10(6-8)11-7-12(9(2)13)15-14-11/h3-7,9H,1-2H3. The van der Waals surface area contributed by atoms with E-state index in [4.69, 9.17) is 16.1 Å². The summed E-state index contributed by atoms with van der Waals surface area (Å²) in [5.74, 6) is 0.702. The summed E-state index contributed by atoms with van der Waals surface area (Å²) in [7, 11) is 0. The van der Waals surface area contributed by atoms with Crippen molar-refractivity contribution in [2.75, 3.05) is 0 Å². The summed E-state index contributed by atoms with van der Waals surface area (Å²) >= 11 is 5.90. The molecule has 0 N–H and O–H groups in total. The molecule has 0 aliphatic heterocycles. The molecule has 2 nitrogen and oxygen atoms in total. The fraction of sp³-hybridized carbons (Fsp3) is 0.250. The van der Waals surface area contributed by atoms with Crippen molar-refractivity contribution in [3.8, 4) is 11.3 Å². The van der Waals surface area contributed by atoms with Crippen molar-refractivity contribution in [3.05, 3.63) is 41.7 Å². The lowest BCUT2D eigenvalue weighted by Crippen LogP contribution is -1.78. The van der Waals surface area contributed by atoms with E-state index in [0.717, 1.165) is 11.3 Å². The van der Waals surface area contributed by atoms with Gasteiger partial charge < -0.3 is 4.52 Å². The number of aryl methyl sites for hydroxylation is 1. The molecule has 78 valence electrons. The lowest BCUT2D eigenvalue weighted by molar-refractivity contribution is 0.386. The first-order valence-electron chi connectivity index (χ1n) is 4.84. The van der Waals surface area contributed by atoms with Crippen LogP contribution >= 0.6 is 11.6 Å². The summed E-state index contributed by atoms with van der Waals surface area (Å²) < 4.78 is 5.14. The monoisotopic (exact) mass is 221 g/mol. The third-order valence-corrected chi connectivity index (χ3v) is 2.45. The van der Waals surface area contributed by atoms with E-state index in [2.05, 4.69) is 24.2 Å².